The molecule has 1 aromatic rings. The van der Waals surface area contributed by atoms with Crippen LogP contribution in [0.15, 0.2) is 4.52 Å². The Kier molecular flexibility index (Phi) is 3.73. The van der Waals surface area contributed by atoms with Crippen LogP contribution in [0.1, 0.15) is 25.1 Å². The molecule has 6 nitrogen and oxygen atoms in total. The van der Waals surface area contributed by atoms with Crippen LogP contribution in [0, 0.1) is 12.8 Å². The molecular weight excluding hydrogens is 220 g/mol. The van der Waals surface area contributed by atoms with Gasteiger partial charge >= 0.3 is 0 Å². The molecule has 2 unspecified atom stereocenters. The number of nitrogens with one attached hydrogen (secondary N) is 2. The van der Waals surface area contributed by atoms with Gasteiger partial charge in [0.2, 0.25) is 11.8 Å². The molecular formula is C11H18N4O2. The van der Waals surface area contributed by atoms with Gasteiger partial charge in [0.05, 0.1) is 5.92 Å². The monoisotopic (exact) mass is 238 g/mol. The van der Waals surface area contributed by atoms with Crippen LogP contribution >= 0.6 is 0 Å². The minimum absolute atomic E-state index is 0.0828. The van der Waals surface area contributed by atoms with Crippen LogP contribution in [0.3, 0.4) is 0 Å². The van der Waals surface area contributed by atoms with Crippen LogP contribution in [-0.4, -0.2) is 35.2 Å². The van der Waals surface area contributed by atoms with Crippen molar-refractivity contribution in [1.29, 1.82) is 0 Å². The molecule has 1 aliphatic rings. The summed E-state index contributed by atoms with van der Waals surface area (Å²) in [5.41, 5.74) is 0. The van der Waals surface area contributed by atoms with E-state index in [1.165, 1.54) is 0 Å². The molecule has 2 atom stereocenters. The Labute approximate surface area is 100 Å². The minimum Gasteiger partial charge on any atom is -0.355 e. The lowest BCUT2D eigenvalue weighted by Crippen LogP contribution is -2.37. The zero-order valence-corrected chi connectivity index (χ0v) is 10.2. The van der Waals surface area contributed by atoms with E-state index in [9.17, 15) is 4.79 Å². The summed E-state index contributed by atoms with van der Waals surface area (Å²) < 4.78 is 4.97. The van der Waals surface area contributed by atoms with Crippen molar-refractivity contribution in [2.75, 3.05) is 13.1 Å². The fraction of sp³-hybridized carbons (Fsp3) is 0.727. The summed E-state index contributed by atoms with van der Waals surface area (Å²) in [5.74, 6) is 1.39. The van der Waals surface area contributed by atoms with Crippen LogP contribution in [0.4, 0.5) is 0 Å². The highest BCUT2D eigenvalue weighted by molar-refractivity contribution is 5.79. The number of aromatic nitrogens is 2. The standard InChI is InChI=1S/C11H18N4O2/c1-7-9(3-5-12-7)11(16)13-6-4-10-14-8(2)15-17-10/h7,9,12H,3-6H2,1-2H3,(H,13,16). The molecule has 0 radical (unpaired) electrons. The molecule has 0 saturated carbocycles. The van der Waals surface area contributed by atoms with Gasteiger partial charge in [-0.3, -0.25) is 4.79 Å². The third-order valence-electron chi connectivity index (χ3n) is 3.07. The summed E-state index contributed by atoms with van der Waals surface area (Å²) in [6.07, 6.45) is 1.49. The predicted molar refractivity (Wildman–Crippen MR) is 61.3 cm³/mol. The number of hydrogen-bond donors (Lipinski definition) is 2. The van der Waals surface area contributed by atoms with Crippen molar-refractivity contribution in [3.05, 3.63) is 11.7 Å². The number of carbonyl (C=O) groups is 1. The van der Waals surface area contributed by atoms with Gasteiger partial charge in [-0.05, 0) is 26.8 Å². The molecule has 1 aromatic heterocycles. The molecule has 1 fully saturated rings. The molecule has 2 N–H and O–H groups in total. The molecule has 2 heterocycles. The van der Waals surface area contributed by atoms with Gasteiger partial charge in [-0.1, -0.05) is 5.16 Å². The maximum absolute atomic E-state index is 11.8. The fourth-order valence-corrected chi connectivity index (χ4v) is 2.08. The van der Waals surface area contributed by atoms with Crippen molar-refractivity contribution in [2.24, 2.45) is 5.92 Å². The number of amides is 1. The number of carbonyl (C=O) groups excluding carboxylic acids is 1. The second-order valence-electron chi connectivity index (χ2n) is 4.41. The SMILES string of the molecule is Cc1noc(CCNC(=O)C2CCNC2C)n1. The summed E-state index contributed by atoms with van der Waals surface area (Å²) in [6, 6.07) is 0.264. The summed E-state index contributed by atoms with van der Waals surface area (Å²) in [7, 11) is 0. The van der Waals surface area contributed by atoms with E-state index in [1.807, 2.05) is 6.92 Å². The van der Waals surface area contributed by atoms with E-state index in [0.717, 1.165) is 13.0 Å². The first-order valence-electron chi connectivity index (χ1n) is 5.97. The van der Waals surface area contributed by atoms with Crippen molar-refractivity contribution in [3.8, 4) is 0 Å². The molecule has 0 aromatic carbocycles. The molecule has 2 rings (SSSR count). The molecule has 94 valence electrons. The highest BCUT2D eigenvalue weighted by Gasteiger charge is 2.28. The van der Waals surface area contributed by atoms with E-state index in [0.29, 0.717) is 24.7 Å². The van der Waals surface area contributed by atoms with Gasteiger partial charge in [0, 0.05) is 19.0 Å². The Morgan fingerprint density at radius 1 is 1.65 bits per heavy atom. The number of aryl methyl sites for hydroxylation is 1. The Bertz CT molecular complexity index is 391. The lowest BCUT2D eigenvalue weighted by Gasteiger charge is -2.14. The van der Waals surface area contributed by atoms with Gasteiger partial charge in [-0.25, -0.2) is 0 Å². The van der Waals surface area contributed by atoms with Crippen LogP contribution < -0.4 is 10.6 Å². The molecule has 1 aliphatic heterocycles. The number of nitrogens with zero attached hydrogens (tertiary/aromatic N) is 2. The second kappa shape index (κ2) is 5.27. The normalized spacial score (nSPS) is 23.9. The van der Waals surface area contributed by atoms with Gasteiger partial charge in [0.15, 0.2) is 5.82 Å². The van der Waals surface area contributed by atoms with Crippen LogP contribution in [0.25, 0.3) is 0 Å². The van der Waals surface area contributed by atoms with Gasteiger partial charge in [-0.2, -0.15) is 4.98 Å². The highest BCUT2D eigenvalue weighted by Crippen LogP contribution is 2.14. The summed E-state index contributed by atoms with van der Waals surface area (Å²) in [6.45, 7) is 5.28. The van der Waals surface area contributed by atoms with Gasteiger partial charge < -0.3 is 15.2 Å². The van der Waals surface area contributed by atoms with E-state index >= 15 is 0 Å². The first-order valence-corrected chi connectivity index (χ1v) is 5.97. The van der Waals surface area contributed by atoms with E-state index in [1.54, 1.807) is 6.92 Å². The van der Waals surface area contributed by atoms with Gasteiger partial charge in [0.1, 0.15) is 0 Å². The number of rotatable bonds is 4. The Hall–Kier alpha value is -1.43. The molecule has 0 spiro atoms. The smallest absolute Gasteiger partial charge is 0.228 e. The fourth-order valence-electron chi connectivity index (χ4n) is 2.08. The first kappa shape index (κ1) is 12.0. The van der Waals surface area contributed by atoms with E-state index in [-0.39, 0.29) is 17.9 Å². The molecule has 1 amide bonds. The van der Waals surface area contributed by atoms with Crippen molar-refractivity contribution in [1.82, 2.24) is 20.8 Å². The third kappa shape index (κ3) is 3.03. The Balaban J connectivity index is 1.73. The second-order valence-corrected chi connectivity index (χ2v) is 4.41. The highest BCUT2D eigenvalue weighted by atomic mass is 16.5. The van der Waals surface area contributed by atoms with E-state index in [2.05, 4.69) is 20.8 Å². The quantitative estimate of drug-likeness (QED) is 0.774. The third-order valence-corrected chi connectivity index (χ3v) is 3.07. The van der Waals surface area contributed by atoms with Gasteiger partial charge in [-0.15, -0.1) is 0 Å². The molecule has 0 bridgehead atoms. The number of hydrogen-bond acceptors (Lipinski definition) is 5. The van der Waals surface area contributed by atoms with Crippen molar-refractivity contribution in [3.63, 3.8) is 0 Å². The maximum atomic E-state index is 11.8. The minimum atomic E-state index is 0.0828. The zero-order valence-electron chi connectivity index (χ0n) is 10.2. The summed E-state index contributed by atoms with van der Waals surface area (Å²) in [4.78, 5) is 15.9. The van der Waals surface area contributed by atoms with E-state index < -0.39 is 0 Å². The molecule has 1 saturated heterocycles. The lowest BCUT2D eigenvalue weighted by molar-refractivity contribution is -0.125. The summed E-state index contributed by atoms with van der Waals surface area (Å²) >= 11 is 0. The van der Waals surface area contributed by atoms with Crippen molar-refractivity contribution in [2.45, 2.75) is 32.7 Å². The van der Waals surface area contributed by atoms with Crippen molar-refractivity contribution >= 4 is 5.91 Å². The zero-order chi connectivity index (χ0) is 12.3. The van der Waals surface area contributed by atoms with Gasteiger partial charge in [0.25, 0.3) is 0 Å². The Morgan fingerprint density at radius 2 is 2.47 bits per heavy atom. The summed E-state index contributed by atoms with van der Waals surface area (Å²) in [5, 5.41) is 9.86. The average Bonchev–Trinajstić information content (AvgIpc) is 2.87. The van der Waals surface area contributed by atoms with E-state index in [4.69, 9.17) is 4.52 Å². The van der Waals surface area contributed by atoms with Crippen LogP contribution in [0.5, 0.6) is 0 Å². The predicted octanol–water partition coefficient (Wildman–Crippen LogP) is 0.0347. The van der Waals surface area contributed by atoms with Crippen LogP contribution in [0.2, 0.25) is 0 Å². The molecule has 6 heteroatoms. The first-order chi connectivity index (χ1) is 8.16. The molecule has 0 aliphatic carbocycles. The maximum Gasteiger partial charge on any atom is 0.228 e. The Morgan fingerprint density at radius 3 is 3.06 bits per heavy atom. The lowest BCUT2D eigenvalue weighted by atomic mass is 10.0. The largest absolute Gasteiger partial charge is 0.355 e. The molecule has 17 heavy (non-hydrogen) atoms. The van der Waals surface area contributed by atoms with Crippen molar-refractivity contribution < 1.29 is 9.32 Å². The van der Waals surface area contributed by atoms with Crippen LogP contribution in [-0.2, 0) is 11.2 Å². The topological polar surface area (TPSA) is 80.0 Å². The average molecular weight is 238 g/mol.